The lowest BCUT2D eigenvalue weighted by Gasteiger charge is -2.10. The van der Waals surface area contributed by atoms with Crippen LogP contribution in [0.15, 0.2) is 59.4 Å². The molecule has 0 saturated carbocycles. The molecular weight excluding hydrogens is 354 g/mol. The molecule has 3 aromatic rings. The van der Waals surface area contributed by atoms with Crippen LogP contribution in [0.3, 0.4) is 0 Å². The van der Waals surface area contributed by atoms with Gasteiger partial charge in [-0.3, -0.25) is 0 Å². The molecule has 1 aliphatic rings. The zero-order valence-corrected chi connectivity index (χ0v) is 15.1. The van der Waals surface area contributed by atoms with Gasteiger partial charge in [0.05, 0.1) is 18.0 Å². The molecular formula is C18H22ClN5O2. The van der Waals surface area contributed by atoms with E-state index in [2.05, 4.69) is 32.7 Å². The van der Waals surface area contributed by atoms with Gasteiger partial charge >= 0.3 is 0 Å². The molecule has 138 valence electrons. The number of nitrogens with zero attached hydrogens (tertiary/aromatic N) is 3. The molecule has 8 heteroatoms. The van der Waals surface area contributed by atoms with Gasteiger partial charge in [-0.25, -0.2) is 0 Å². The summed E-state index contributed by atoms with van der Waals surface area (Å²) in [6, 6.07) is 10.0. The largest absolute Gasteiger partial charge is 0.474 e. The highest BCUT2D eigenvalue weighted by molar-refractivity contribution is 5.85. The summed E-state index contributed by atoms with van der Waals surface area (Å²) in [7, 11) is 0. The molecule has 2 aromatic heterocycles. The van der Waals surface area contributed by atoms with E-state index in [4.69, 9.17) is 15.0 Å². The summed E-state index contributed by atoms with van der Waals surface area (Å²) >= 11 is 0. The summed E-state index contributed by atoms with van der Waals surface area (Å²) < 4.78 is 11.2. The Morgan fingerprint density at radius 3 is 2.54 bits per heavy atom. The molecule has 1 aliphatic carbocycles. The zero-order valence-electron chi connectivity index (χ0n) is 14.2. The Hall–Kier alpha value is -2.64. The van der Waals surface area contributed by atoms with Gasteiger partial charge in [0.1, 0.15) is 6.61 Å². The number of halogens is 1. The van der Waals surface area contributed by atoms with Crippen LogP contribution in [0.2, 0.25) is 0 Å². The van der Waals surface area contributed by atoms with Crippen molar-refractivity contribution in [2.24, 2.45) is 5.73 Å². The molecule has 0 radical (unpaired) electrons. The van der Waals surface area contributed by atoms with Gasteiger partial charge in [-0.1, -0.05) is 42.5 Å². The van der Waals surface area contributed by atoms with Crippen LogP contribution < -0.4 is 10.5 Å². The van der Waals surface area contributed by atoms with Crippen LogP contribution in [0.5, 0.6) is 5.88 Å². The number of hydrogen-bond acceptors (Lipinski definition) is 6. The van der Waals surface area contributed by atoms with Crippen molar-refractivity contribution < 1.29 is 9.26 Å². The maximum Gasteiger partial charge on any atom is 0.258 e. The second kappa shape index (κ2) is 10.4. The van der Waals surface area contributed by atoms with Crippen LogP contribution in [0.4, 0.5) is 0 Å². The Labute approximate surface area is 158 Å². The lowest BCUT2D eigenvalue weighted by Crippen LogP contribution is -2.12. The summed E-state index contributed by atoms with van der Waals surface area (Å²) in [5, 5.41) is 13.4. The van der Waals surface area contributed by atoms with Gasteiger partial charge in [-0.15, -0.1) is 12.4 Å². The Kier molecular flexibility index (Phi) is 7.85. The second-order valence-corrected chi connectivity index (χ2v) is 5.50. The number of hydrogen-bond donors (Lipinski definition) is 2. The van der Waals surface area contributed by atoms with E-state index in [1.807, 2.05) is 30.3 Å². The van der Waals surface area contributed by atoms with Crippen molar-refractivity contribution in [2.45, 2.75) is 18.8 Å². The number of nitrogens with two attached hydrogens (primary N) is 1. The predicted molar refractivity (Wildman–Crippen MR) is 101 cm³/mol. The van der Waals surface area contributed by atoms with Gasteiger partial charge in [-0.2, -0.15) is 15.4 Å². The molecule has 4 rings (SSSR count). The van der Waals surface area contributed by atoms with Crippen LogP contribution in [-0.4, -0.2) is 33.7 Å². The Balaban J connectivity index is 0.000000351. The molecule has 0 spiro atoms. The Morgan fingerprint density at radius 2 is 1.96 bits per heavy atom. The number of aromatic amines is 1. The van der Waals surface area contributed by atoms with Crippen LogP contribution in [-0.2, 0) is 0 Å². The number of ether oxygens (including phenoxy) is 1. The number of H-pyrrole nitrogens is 1. The molecule has 0 aliphatic heterocycles. The van der Waals surface area contributed by atoms with E-state index >= 15 is 0 Å². The highest BCUT2D eigenvalue weighted by atomic mass is 35.5. The van der Waals surface area contributed by atoms with Crippen LogP contribution in [0.1, 0.15) is 24.3 Å². The van der Waals surface area contributed by atoms with Crippen molar-refractivity contribution >= 4 is 12.4 Å². The van der Waals surface area contributed by atoms with E-state index in [1.165, 1.54) is 0 Å². The third-order valence-corrected chi connectivity index (χ3v) is 3.80. The fraction of sp³-hybridized carbons (Fsp3) is 0.278. The van der Waals surface area contributed by atoms with E-state index in [0.29, 0.717) is 24.9 Å². The molecule has 1 unspecified atom stereocenters. The minimum atomic E-state index is 0. The fourth-order valence-corrected chi connectivity index (χ4v) is 2.71. The summed E-state index contributed by atoms with van der Waals surface area (Å²) in [6.07, 6.45) is 9.72. The third-order valence-electron chi connectivity index (χ3n) is 3.80. The molecule has 0 fully saturated rings. The van der Waals surface area contributed by atoms with Crippen molar-refractivity contribution in [3.8, 4) is 17.2 Å². The summed E-state index contributed by atoms with van der Waals surface area (Å²) in [5.74, 6) is 1.68. The Bertz CT molecular complexity index is 757. The van der Waals surface area contributed by atoms with E-state index in [1.54, 1.807) is 12.4 Å². The van der Waals surface area contributed by atoms with Gasteiger partial charge < -0.3 is 15.0 Å². The maximum absolute atomic E-state index is 5.64. The van der Waals surface area contributed by atoms with Crippen molar-refractivity contribution in [2.75, 3.05) is 13.2 Å². The van der Waals surface area contributed by atoms with Crippen LogP contribution >= 0.6 is 12.4 Å². The highest BCUT2D eigenvalue weighted by Gasteiger charge is 2.26. The topological polar surface area (TPSA) is 103 Å². The maximum atomic E-state index is 5.64. The van der Waals surface area contributed by atoms with Gasteiger partial charge in [0.15, 0.2) is 5.76 Å². The SMILES string of the molecule is Cl.NCCOc1noc(-c2ccccc2)c1C1C=CCC1.c1cn[nH]n1. The van der Waals surface area contributed by atoms with Crippen LogP contribution in [0, 0.1) is 0 Å². The Morgan fingerprint density at radius 1 is 1.19 bits per heavy atom. The van der Waals surface area contributed by atoms with Gasteiger partial charge in [0.25, 0.3) is 5.88 Å². The van der Waals surface area contributed by atoms with E-state index in [0.717, 1.165) is 29.7 Å². The first-order valence-electron chi connectivity index (χ1n) is 8.24. The summed E-state index contributed by atoms with van der Waals surface area (Å²) in [5.41, 5.74) is 7.57. The highest BCUT2D eigenvalue weighted by Crippen LogP contribution is 2.41. The van der Waals surface area contributed by atoms with Crippen molar-refractivity contribution in [3.63, 3.8) is 0 Å². The average Bonchev–Trinajstić information content (AvgIpc) is 3.43. The average molecular weight is 376 g/mol. The van der Waals surface area contributed by atoms with E-state index in [9.17, 15) is 0 Å². The van der Waals surface area contributed by atoms with Crippen molar-refractivity contribution in [1.29, 1.82) is 0 Å². The lowest BCUT2D eigenvalue weighted by atomic mass is 9.96. The molecule has 1 atom stereocenters. The number of benzene rings is 1. The second-order valence-electron chi connectivity index (χ2n) is 5.50. The van der Waals surface area contributed by atoms with E-state index < -0.39 is 0 Å². The molecule has 1 aromatic carbocycles. The fourth-order valence-electron chi connectivity index (χ4n) is 2.71. The zero-order chi connectivity index (χ0) is 17.3. The summed E-state index contributed by atoms with van der Waals surface area (Å²) in [6.45, 7) is 0.914. The third kappa shape index (κ3) is 4.93. The van der Waals surface area contributed by atoms with Crippen LogP contribution in [0.25, 0.3) is 11.3 Å². The predicted octanol–water partition coefficient (Wildman–Crippen LogP) is 3.34. The molecule has 0 amide bonds. The number of rotatable bonds is 5. The number of aromatic nitrogens is 4. The molecule has 3 N–H and O–H groups in total. The van der Waals surface area contributed by atoms with Gasteiger partial charge in [0, 0.05) is 18.0 Å². The monoisotopic (exact) mass is 375 g/mol. The lowest BCUT2D eigenvalue weighted by molar-refractivity contribution is 0.286. The minimum Gasteiger partial charge on any atom is -0.474 e. The number of nitrogens with one attached hydrogen (secondary N) is 1. The normalized spacial score (nSPS) is 15.0. The summed E-state index contributed by atoms with van der Waals surface area (Å²) in [4.78, 5) is 0. The van der Waals surface area contributed by atoms with Gasteiger partial charge in [0.2, 0.25) is 0 Å². The minimum absolute atomic E-state index is 0. The van der Waals surface area contributed by atoms with E-state index in [-0.39, 0.29) is 12.4 Å². The molecule has 2 heterocycles. The van der Waals surface area contributed by atoms with Crippen molar-refractivity contribution in [3.05, 3.63) is 60.4 Å². The first-order chi connectivity index (χ1) is 12.4. The molecule has 0 bridgehead atoms. The quantitative estimate of drug-likeness (QED) is 0.663. The first kappa shape index (κ1) is 19.7. The van der Waals surface area contributed by atoms with Crippen molar-refractivity contribution in [1.82, 2.24) is 20.6 Å². The first-order valence-corrected chi connectivity index (χ1v) is 8.24. The standard InChI is InChI=1S/C16H18N2O2.C2H3N3.ClH/c17-10-11-19-16-14(12-6-4-5-7-12)15(20-18-16)13-8-2-1-3-9-13;1-2-4-5-3-1;/h1-4,6,8-9,12H,5,7,10-11,17H2;1-2H,(H,3,4,5);1H. The number of allylic oxidation sites excluding steroid dienone is 2. The van der Waals surface area contributed by atoms with Gasteiger partial charge in [-0.05, 0) is 18.0 Å². The molecule has 26 heavy (non-hydrogen) atoms. The molecule has 0 saturated heterocycles. The smallest absolute Gasteiger partial charge is 0.258 e. The molecule has 7 nitrogen and oxygen atoms in total.